The van der Waals surface area contributed by atoms with Crippen molar-refractivity contribution < 1.29 is 9.84 Å². The Hall–Kier alpha value is -0.680. The van der Waals surface area contributed by atoms with Gasteiger partial charge in [0.1, 0.15) is 0 Å². The second-order valence-corrected chi connectivity index (χ2v) is 6.10. The summed E-state index contributed by atoms with van der Waals surface area (Å²) in [6.07, 6.45) is 2.35. The van der Waals surface area contributed by atoms with Gasteiger partial charge in [-0.05, 0) is 32.0 Å². The highest BCUT2D eigenvalue weighted by Crippen LogP contribution is 2.17. The quantitative estimate of drug-likeness (QED) is 0.529. The van der Waals surface area contributed by atoms with Gasteiger partial charge in [0, 0.05) is 22.8 Å². The Morgan fingerprint density at radius 2 is 2.32 bits per heavy atom. The van der Waals surface area contributed by atoms with Crippen LogP contribution in [-0.2, 0) is 11.3 Å². The maximum absolute atomic E-state index is 9.96. The minimum atomic E-state index is -0.437. The number of hydrogen-bond acceptors (Lipinski definition) is 4. The lowest BCUT2D eigenvalue weighted by molar-refractivity contribution is 0.0248. The third-order valence-electron chi connectivity index (χ3n) is 2.73. The van der Waals surface area contributed by atoms with Gasteiger partial charge < -0.3 is 9.84 Å². The van der Waals surface area contributed by atoms with E-state index >= 15 is 0 Å². The van der Waals surface area contributed by atoms with Crippen molar-refractivity contribution in [2.75, 3.05) is 26.3 Å². The summed E-state index contributed by atoms with van der Waals surface area (Å²) < 4.78 is 5.29. The Balaban J connectivity index is 2.40. The number of aryl methyl sites for hydroxylation is 1. The van der Waals surface area contributed by atoms with Gasteiger partial charge in [-0.25, -0.2) is 0 Å². The molecule has 1 aromatic rings. The molecule has 1 aromatic heterocycles. The van der Waals surface area contributed by atoms with Crippen molar-refractivity contribution in [1.29, 1.82) is 0 Å². The summed E-state index contributed by atoms with van der Waals surface area (Å²) in [6, 6.07) is 4.32. The van der Waals surface area contributed by atoms with Crippen LogP contribution in [0.3, 0.4) is 0 Å². The molecule has 1 unspecified atom stereocenters. The molecule has 3 nitrogen and oxygen atoms in total. The standard InChI is InChI=1S/C15H25NO2S/c1-4-8-16(10-14(17)12-18-9-5-2)11-15-7-6-13(3)19-15/h5-7,14,17H,2,4,8-12H2,1,3H3. The van der Waals surface area contributed by atoms with Crippen molar-refractivity contribution in [2.24, 2.45) is 0 Å². The Morgan fingerprint density at radius 3 is 2.89 bits per heavy atom. The molecule has 0 bridgehead atoms. The summed E-state index contributed by atoms with van der Waals surface area (Å²) in [6.45, 7) is 11.3. The van der Waals surface area contributed by atoms with Crippen LogP contribution in [0.2, 0.25) is 0 Å². The fourth-order valence-corrected chi connectivity index (χ4v) is 2.91. The first-order chi connectivity index (χ1) is 9.15. The predicted molar refractivity (Wildman–Crippen MR) is 81.6 cm³/mol. The normalized spacial score (nSPS) is 12.8. The van der Waals surface area contributed by atoms with Crippen molar-refractivity contribution in [2.45, 2.75) is 32.9 Å². The Bertz CT molecular complexity index is 365. The first kappa shape index (κ1) is 16.4. The summed E-state index contributed by atoms with van der Waals surface area (Å²) in [7, 11) is 0. The molecule has 0 aliphatic carbocycles. The van der Waals surface area contributed by atoms with Crippen LogP contribution in [0.1, 0.15) is 23.1 Å². The molecule has 0 saturated heterocycles. The zero-order valence-corrected chi connectivity index (χ0v) is 12.8. The molecular formula is C15H25NO2S. The van der Waals surface area contributed by atoms with Gasteiger partial charge in [-0.15, -0.1) is 17.9 Å². The van der Waals surface area contributed by atoms with Crippen LogP contribution in [0.5, 0.6) is 0 Å². The van der Waals surface area contributed by atoms with Crippen molar-refractivity contribution in [3.05, 3.63) is 34.5 Å². The molecule has 0 radical (unpaired) electrons. The fraction of sp³-hybridized carbons (Fsp3) is 0.600. The highest BCUT2D eigenvalue weighted by molar-refractivity contribution is 7.11. The number of ether oxygens (including phenoxy) is 1. The van der Waals surface area contributed by atoms with Crippen LogP contribution in [0, 0.1) is 6.92 Å². The van der Waals surface area contributed by atoms with Crippen molar-refractivity contribution in [3.8, 4) is 0 Å². The van der Waals surface area contributed by atoms with E-state index in [1.54, 1.807) is 6.08 Å². The lowest BCUT2D eigenvalue weighted by atomic mass is 10.3. The number of rotatable bonds is 10. The summed E-state index contributed by atoms with van der Waals surface area (Å²) >= 11 is 1.82. The minimum absolute atomic E-state index is 0.371. The molecule has 1 rings (SSSR count). The average Bonchev–Trinajstić information content (AvgIpc) is 2.75. The number of aliphatic hydroxyl groups is 1. The molecule has 19 heavy (non-hydrogen) atoms. The van der Waals surface area contributed by atoms with Gasteiger partial charge in [0.15, 0.2) is 0 Å². The molecule has 0 aliphatic rings. The summed E-state index contributed by atoms with van der Waals surface area (Å²) in [5, 5.41) is 9.96. The van der Waals surface area contributed by atoms with Crippen LogP contribution >= 0.6 is 11.3 Å². The SMILES string of the molecule is C=CCOCC(O)CN(CCC)Cc1ccc(C)s1. The van der Waals surface area contributed by atoms with Crippen molar-refractivity contribution >= 4 is 11.3 Å². The van der Waals surface area contributed by atoms with Crippen LogP contribution in [0.4, 0.5) is 0 Å². The van der Waals surface area contributed by atoms with E-state index in [2.05, 4.69) is 37.5 Å². The van der Waals surface area contributed by atoms with Crippen LogP contribution in [0.15, 0.2) is 24.8 Å². The topological polar surface area (TPSA) is 32.7 Å². The molecule has 108 valence electrons. The van der Waals surface area contributed by atoms with Gasteiger partial charge in [-0.3, -0.25) is 4.90 Å². The van der Waals surface area contributed by atoms with E-state index in [9.17, 15) is 5.11 Å². The summed E-state index contributed by atoms with van der Waals surface area (Å²) in [5.41, 5.74) is 0. The third-order valence-corrected chi connectivity index (χ3v) is 3.72. The summed E-state index contributed by atoms with van der Waals surface area (Å²) in [5.74, 6) is 0. The predicted octanol–water partition coefficient (Wildman–Crippen LogP) is 2.83. The first-order valence-corrected chi connectivity index (χ1v) is 7.61. The minimum Gasteiger partial charge on any atom is -0.389 e. The molecule has 0 amide bonds. The number of aliphatic hydroxyl groups excluding tert-OH is 1. The van der Waals surface area contributed by atoms with Gasteiger partial charge in [0.25, 0.3) is 0 Å². The van der Waals surface area contributed by atoms with Crippen LogP contribution in [0.25, 0.3) is 0 Å². The molecule has 1 atom stereocenters. The lowest BCUT2D eigenvalue weighted by Gasteiger charge is -2.24. The molecule has 0 aromatic carbocycles. The van der Waals surface area contributed by atoms with Gasteiger partial charge >= 0.3 is 0 Å². The van der Waals surface area contributed by atoms with Gasteiger partial charge in [-0.1, -0.05) is 13.0 Å². The zero-order chi connectivity index (χ0) is 14.1. The maximum Gasteiger partial charge on any atom is 0.0900 e. The second kappa shape index (κ2) is 9.26. The highest BCUT2D eigenvalue weighted by atomic mass is 32.1. The molecule has 0 spiro atoms. The molecular weight excluding hydrogens is 258 g/mol. The third kappa shape index (κ3) is 6.87. The number of hydrogen-bond donors (Lipinski definition) is 1. The van der Waals surface area contributed by atoms with E-state index in [-0.39, 0.29) is 0 Å². The smallest absolute Gasteiger partial charge is 0.0900 e. The van der Waals surface area contributed by atoms with Gasteiger partial charge in [0.2, 0.25) is 0 Å². The molecule has 0 fully saturated rings. The molecule has 0 aliphatic heterocycles. The van der Waals surface area contributed by atoms with E-state index in [1.165, 1.54) is 9.75 Å². The van der Waals surface area contributed by atoms with E-state index in [0.29, 0.717) is 19.8 Å². The molecule has 4 heteroatoms. The largest absolute Gasteiger partial charge is 0.389 e. The van der Waals surface area contributed by atoms with E-state index in [1.807, 2.05) is 11.3 Å². The Labute approximate surface area is 120 Å². The fourth-order valence-electron chi connectivity index (χ4n) is 1.98. The van der Waals surface area contributed by atoms with Gasteiger partial charge in [0.05, 0.1) is 19.3 Å². The summed E-state index contributed by atoms with van der Waals surface area (Å²) in [4.78, 5) is 4.97. The number of nitrogens with zero attached hydrogens (tertiary/aromatic N) is 1. The van der Waals surface area contributed by atoms with Gasteiger partial charge in [-0.2, -0.15) is 0 Å². The molecule has 1 heterocycles. The lowest BCUT2D eigenvalue weighted by Crippen LogP contribution is -2.35. The van der Waals surface area contributed by atoms with Crippen molar-refractivity contribution in [3.63, 3.8) is 0 Å². The van der Waals surface area contributed by atoms with E-state index < -0.39 is 6.10 Å². The first-order valence-electron chi connectivity index (χ1n) is 6.80. The van der Waals surface area contributed by atoms with E-state index in [4.69, 9.17) is 4.74 Å². The maximum atomic E-state index is 9.96. The molecule has 0 saturated carbocycles. The Morgan fingerprint density at radius 1 is 1.53 bits per heavy atom. The Kier molecular flexibility index (Phi) is 7.98. The van der Waals surface area contributed by atoms with E-state index in [0.717, 1.165) is 19.5 Å². The van der Waals surface area contributed by atoms with Crippen LogP contribution < -0.4 is 0 Å². The highest BCUT2D eigenvalue weighted by Gasteiger charge is 2.12. The van der Waals surface area contributed by atoms with Crippen LogP contribution in [-0.4, -0.2) is 42.4 Å². The zero-order valence-electron chi connectivity index (χ0n) is 12.0. The number of thiophene rings is 1. The molecule has 1 N–H and O–H groups in total. The monoisotopic (exact) mass is 283 g/mol. The van der Waals surface area contributed by atoms with Crippen molar-refractivity contribution in [1.82, 2.24) is 4.90 Å². The second-order valence-electron chi connectivity index (χ2n) is 4.73. The average molecular weight is 283 g/mol.